The number of amides is 1. The van der Waals surface area contributed by atoms with Gasteiger partial charge in [0.2, 0.25) is 0 Å². The van der Waals surface area contributed by atoms with E-state index in [0.29, 0.717) is 17.0 Å². The Morgan fingerprint density at radius 3 is 2.53 bits per heavy atom. The first kappa shape index (κ1) is 23.0. The van der Waals surface area contributed by atoms with Crippen LogP contribution in [0.3, 0.4) is 0 Å². The minimum absolute atomic E-state index is 0.0220. The van der Waals surface area contributed by atoms with Crippen molar-refractivity contribution in [1.29, 1.82) is 0 Å². The van der Waals surface area contributed by atoms with Crippen LogP contribution in [-0.2, 0) is 16.2 Å². The molecule has 32 heavy (non-hydrogen) atoms. The number of benzene rings is 3. The lowest BCUT2D eigenvalue weighted by atomic mass is 10.2. The third-order valence-corrected chi connectivity index (χ3v) is 4.80. The van der Waals surface area contributed by atoms with Crippen molar-refractivity contribution in [2.24, 2.45) is 5.16 Å². The Labute approximate surface area is 193 Å². The van der Waals surface area contributed by atoms with Crippen molar-refractivity contribution in [1.82, 2.24) is 0 Å². The number of non-ortho nitro benzene ring substituents is 1. The Morgan fingerprint density at radius 1 is 1.12 bits per heavy atom. The number of anilines is 1. The molecule has 3 rings (SSSR count). The van der Waals surface area contributed by atoms with E-state index in [-0.39, 0.29) is 24.8 Å². The van der Waals surface area contributed by atoms with Gasteiger partial charge in [-0.25, -0.2) is 0 Å². The van der Waals surface area contributed by atoms with E-state index in [1.807, 2.05) is 37.3 Å². The van der Waals surface area contributed by atoms with E-state index in [1.165, 1.54) is 18.3 Å². The summed E-state index contributed by atoms with van der Waals surface area (Å²) in [6.07, 6.45) is 1.45. The highest BCUT2D eigenvalue weighted by molar-refractivity contribution is 9.10. The van der Waals surface area contributed by atoms with Gasteiger partial charge in [-0.15, -0.1) is 0 Å². The fourth-order valence-electron chi connectivity index (χ4n) is 2.65. The molecule has 0 radical (unpaired) electrons. The summed E-state index contributed by atoms with van der Waals surface area (Å²) in [6, 6.07) is 18.9. The highest BCUT2D eigenvalue weighted by Crippen LogP contribution is 2.23. The molecule has 0 fully saturated rings. The molecule has 0 aliphatic heterocycles. The molecule has 0 spiro atoms. The molecule has 3 aromatic rings. The molecule has 0 aliphatic rings. The van der Waals surface area contributed by atoms with Crippen LogP contribution in [0.2, 0.25) is 0 Å². The van der Waals surface area contributed by atoms with Crippen molar-refractivity contribution >= 4 is 39.4 Å². The van der Waals surface area contributed by atoms with Crippen LogP contribution in [0.4, 0.5) is 11.4 Å². The summed E-state index contributed by atoms with van der Waals surface area (Å²) in [5, 5.41) is 17.3. The Hall–Kier alpha value is -3.72. The van der Waals surface area contributed by atoms with E-state index in [2.05, 4.69) is 26.4 Å². The largest absolute Gasteiger partial charge is 0.488 e. The number of hydrogen-bond donors (Lipinski definition) is 1. The number of aryl methyl sites for hydroxylation is 1. The van der Waals surface area contributed by atoms with Crippen molar-refractivity contribution in [3.05, 3.63) is 98.0 Å². The maximum Gasteiger partial charge on any atom is 0.269 e. The van der Waals surface area contributed by atoms with Crippen LogP contribution in [-0.4, -0.2) is 23.7 Å². The van der Waals surface area contributed by atoms with Crippen LogP contribution in [0.5, 0.6) is 5.75 Å². The normalized spacial score (nSPS) is 10.7. The molecule has 0 aliphatic carbocycles. The van der Waals surface area contributed by atoms with Crippen molar-refractivity contribution in [3.63, 3.8) is 0 Å². The number of nitro groups is 1. The van der Waals surface area contributed by atoms with Gasteiger partial charge in [0.05, 0.1) is 11.1 Å². The second kappa shape index (κ2) is 11.1. The number of nitrogens with zero attached hydrogens (tertiary/aromatic N) is 2. The van der Waals surface area contributed by atoms with Crippen molar-refractivity contribution in [2.45, 2.75) is 13.5 Å². The van der Waals surface area contributed by atoms with Crippen LogP contribution in [0.1, 0.15) is 16.7 Å². The summed E-state index contributed by atoms with van der Waals surface area (Å²) in [5.74, 6) is 0.220. The van der Waals surface area contributed by atoms with E-state index in [1.54, 1.807) is 24.3 Å². The van der Waals surface area contributed by atoms with Gasteiger partial charge in [-0.3, -0.25) is 14.9 Å². The minimum Gasteiger partial charge on any atom is -0.488 e. The number of nitrogens with one attached hydrogen (secondary N) is 1. The Balaban J connectivity index is 1.55. The zero-order valence-electron chi connectivity index (χ0n) is 17.2. The van der Waals surface area contributed by atoms with Crippen LogP contribution in [0, 0.1) is 17.0 Å². The number of carbonyl (C=O) groups is 1. The van der Waals surface area contributed by atoms with Crippen molar-refractivity contribution in [3.8, 4) is 5.75 Å². The predicted octanol–water partition coefficient (Wildman–Crippen LogP) is 5.23. The number of halogens is 1. The SMILES string of the molecule is Cc1ccc(NC(=O)CO/N=C/c2cc(Br)ccc2OCc2ccc([N+](=O)[O-])cc2)cc1. The van der Waals surface area contributed by atoms with Crippen molar-refractivity contribution in [2.75, 3.05) is 11.9 Å². The van der Waals surface area contributed by atoms with Crippen molar-refractivity contribution < 1.29 is 19.3 Å². The molecular formula is C23H20BrN3O5. The third-order valence-electron chi connectivity index (χ3n) is 4.31. The number of oxime groups is 1. The monoisotopic (exact) mass is 497 g/mol. The average molecular weight is 498 g/mol. The lowest BCUT2D eigenvalue weighted by Crippen LogP contribution is -2.16. The number of nitro benzene ring substituents is 1. The summed E-state index contributed by atoms with van der Waals surface area (Å²) < 4.78 is 6.65. The van der Waals surface area contributed by atoms with Crippen LogP contribution in [0.15, 0.2) is 76.4 Å². The fourth-order valence-corrected chi connectivity index (χ4v) is 3.03. The second-order valence-electron chi connectivity index (χ2n) is 6.82. The minimum atomic E-state index is -0.449. The average Bonchev–Trinajstić information content (AvgIpc) is 2.78. The van der Waals surface area contributed by atoms with Gasteiger partial charge in [0.1, 0.15) is 12.4 Å². The maximum atomic E-state index is 12.0. The summed E-state index contributed by atoms with van der Waals surface area (Å²) in [4.78, 5) is 27.4. The molecule has 0 unspecified atom stereocenters. The summed E-state index contributed by atoms with van der Waals surface area (Å²) >= 11 is 3.40. The van der Waals surface area contributed by atoms with Gasteiger partial charge >= 0.3 is 0 Å². The quantitative estimate of drug-likeness (QED) is 0.247. The highest BCUT2D eigenvalue weighted by Gasteiger charge is 2.07. The van der Waals surface area contributed by atoms with Gasteiger partial charge in [-0.1, -0.05) is 38.8 Å². The Morgan fingerprint density at radius 2 is 1.84 bits per heavy atom. The summed E-state index contributed by atoms with van der Waals surface area (Å²) in [6.45, 7) is 1.95. The fraction of sp³-hybridized carbons (Fsp3) is 0.130. The zero-order valence-corrected chi connectivity index (χ0v) is 18.7. The summed E-state index contributed by atoms with van der Waals surface area (Å²) in [5.41, 5.74) is 3.23. The van der Waals surface area contributed by atoms with E-state index >= 15 is 0 Å². The zero-order chi connectivity index (χ0) is 22.9. The Kier molecular flexibility index (Phi) is 7.93. The first-order chi connectivity index (χ1) is 15.4. The number of rotatable bonds is 9. The van der Waals surface area contributed by atoms with Gasteiger partial charge < -0.3 is 14.9 Å². The molecule has 1 N–H and O–H groups in total. The molecule has 0 saturated heterocycles. The van der Waals surface area contributed by atoms with E-state index < -0.39 is 4.92 Å². The van der Waals surface area contributed by atoms with Crippen LogP contribution >= 0.6 is 15.9 Å². The molecule has 9 heteroatoms. The lowest BCUT2D eigenvalue weighted by molar-refractivity contribution is -0.384. The molecule has 3 aromatic carbocycles. The molecular weight excluding hydrogens is 478 g/mol. The van der Waals surface area contributed by atoms with E-state index in [0.717, 1.165) is 15.6 Å². The highest BCUT2D eigenvalue weighted by atomic mass is 79.9. The topological polar surface area (TPSA) is 103 Å². The first-order valence-corrected chi connectivity index (χ1v) is 10.4. The van der Waals surface area contributed by atoms with Crippen LogP contribution in [0.25, 0.3) is 0 Å². The first-order valence-electron chi connectivity index (χ1n) is 9.58. The van der Waals surface area contributed by atoms with Crippen LogP contribution < -0.4 is 10.1 Å². The molecule has 0 atom stereocenters. The maximum absolute atomic E-state index is 12.0. The van der Waals surface area contributed by atoms with Gasteiger partial charge in [0, 0.05) is 27.9 Å². The molecule has 0 aromatic heterocycles. The Bertz CT molecular complexity index is 1120. The van der Waals surface area contributed by atoms with Gasteiger partial charge in [0.15, 0.2) is 6.61 Å². The number of ether oxygens (including phenoxy) is 1. The smallest absolute Gasteiger partial charge is 0.269 e. The molecule has 0 saturated carbocycles. The molecule has 8 nitrogen and oxygen atoms in total. The predicted molar refractivity (Wildman–Crippen MR) is 125 cm³/mol. The summed E-state index contributed by atoms with van der Waals surface area (Å²) in [7, 11) is 0. The standard InChI is InChI=1S/C23H20BrN3O5/c1-16-2-7-20(8-3-16)26-23(28)15-32-25-13-18-12-19(24)6-11-22(18)31-14-17-4-9-21(10-5-17)27(29)30/h2-13H,14-15H2,1H3,(H,26,28)/b25-13+. The molecule has 0 heterocycles. The van der Waals surface area contributed by atoms with Gasteiger partial charge in [0.25, 0.3) is 11.6 Å². The second-order valence-corrected chi connectivity index (χ2v) is 7.73. The number of hydrogen-bond acceptors (Lipinski definition) is 6. The third kappa shape index (κ3) is 6.92. The van der Waals surface area contributed by atoms with Gasteiger partial charge in [-0.2, -0.15) is 0 Å². The van der Waals surface area contributed by atoms with E-state index in [4.69, 9.17) is 9.57 Å². The van der Waals surface area contributed by atoms with Gasteiger partial charge in [-0.05, 0) is 55.0 Å². The molecule has 0 bridgehead atoms. The number of carbonyl (C=O) groups excluding carboxylic acids is 1. The molecule has 164 valence electrons. The lowest BCUT2D eigenvalue weighted by Gasteiger charge is -2.09. The molecule has 1 amide bonds. The van der Waals surface area contributed by atoms with E-state index in [9.17, 15) is 14.9 Å².